The Morgan fingerprint density at radius 1 is 0.862 bits per heavy atom. The first-order valence-electron chi connectivity index (χ1n) is 9.56. The van der Waals surface area contributed by atoms with Gasteiger partial charge in [0.1, 0.15) is 5.82 Å². The van der Waals surface area contributed by atoms with Gasteiger partial charge in [-0.15, -0.1) is 0 Å². The minimum absolute atomic E-state index is 0.202. The lowest BCUT2D eigenvalue weighted by Crippen LogP contribution is -2.23. The van der Waals surface area contributed by atoms with Gasteiger partial charge in [0.15, 0.2) is 17.5 Å². The molecule has 150 valence electrons. The van der Waals surface area contributed by atoms with E-state index in [0.29, 0.717) is 11.6 Å². The quantitative estimate of drug-likeness (QED) is 0.559. The molecule has 2 N–H and O–H groups in total. The van der Waals surface area contributed by atoms with Gasteiger partial charge in [0, 0.05) is 30.1 Å². The van der Waals surface area contributed by atoms with Crippen molar-refractivity contribution in [3.63, 3.8) is 0 Å². The summed E-state index contributed by atoms with van der Waals surface area (Å²) in [5, 5.41) is 6.09. The van der Waals surface area contributed by atoms with Crippen LogP contribution in [0.3, 0.4) is 0 Å². The molecule has 1 aliphatic rings. The topological polar surface area (TPSA) is 62.7 Å². The molecule has 0 radical (unpaired) electrons. The number of nitrogens with zero attached hydrogens (tertiary/aromatic N) is 3. The average Bonchev–Trinajstić information content (AvgIpc) is 2.75. The average molecular weight is 399 g/mol. The maximum absolute atomic E-state index is 14.1. The predicted molar refractivity (Wildman–Crippen MR) is 105 cm³/mol. The molecular formula is C21H20F3N5. The van der Waals surface area contributed by atoms with E-state index >= 15 is 0 Å². The van der Waals surface area contributed by atoms with E-state index in [1.54, 1.807) is 30.6 Å². The Labute approximate surface area is 166 Å². The molecule has 0 amide bonds. The fourth-order valence-corrected chi connectivity index (χ4v) is 3.44. The van der Waals surface area contributed by atoms with Gasteiger partial charge >= 0.3 is 0 Å². The molecule has 0 aliphatic heterocycles. The van der Waals surface area contributed by atoms with Gasteiger partial charge < -0.3 is 10.6 Å². The Hall–Kier alpha value is -3.16. The number of aromatic nitrogens is 3. The lowest BCUT2D eigenvalue weighted by Gasteiger charge is -2.23. The van der Waals surface area contributed by atoms with Crippen LogP contribution >= 0.6 is 0 Å². The SMILES string of the molecule is Fc1ccc(Nc2cc(-c3ccncc3)nc(NC3CCCCC3)n2)c(F)c1F. The smallest absolute Gasteiger partial charge is 0.225 e. The van der Waals surface area contributed by atoms with Crippen molar-refractivity contribution in [3.05, 3.63) is 60.2 Å². The summed E-state index contributed by atoms with van der Waals surface area (Å²) in [5.41, 5.74) is 1.21. The molecule has 3 aromatic rings. The lowest BCUT2D eigenvalue weighted by atomic mass is 9.96. The highest BCUT2D eigenvalue weighted by Gasteiger charge is 2.17. The Morgan fingerprint density at radius 2 is 1.62 bits per heavy atom. The molecule has 1 fully saturated rings. The van der Waals surface area contributed by atoms with Crippen LogP contribution in [0.25, 0.3) is 11.3 Å². The first kappa shape index (κ1) is 19.2. The van der Waals surface area contributed by atoms with E-state index in [4.69, 9.17) is 0 Å². The summed E-state index contributed by atoms with van der Waals surface area (Å²) >= 11 is 0. The highest BCUT2D eigenvalue weighted by molar-refractivity contribution is 5.67. The third kappa shape index (κ3) is 4.47. The van der Waals surface area contributed by atoms with Crippen molar-refractivity contribution in [2.75, 3.05) is 10.6 Å². The second kappa shape index (κ2) is 8.46. The van der Waals surface area contributed by atoms with Crippen LogP contribution in [0.2, 0.25) is 0 Å². The minimum atomic E-state index is -1.53. The number of halogens is 3. The Bertz CT molecular complexity index is 991. The number of benzene rings is 1. The summed E-state index contributed by atoms with van der Waals surface area (Å²) in [6.45, 7) is 0. The van der Waals surface area contributed by atoms with Crippen LogP contribution in [0.1, 0.15) is 32.1 Å². The standard InChI is InChI=1S/C21H20F3N5/c22-15-6-7-16(20(24)19(15)23)27-18-12-17(13-8-10-25-11-9-13)28-21(29-18)26-14-4-2-1-3-5-14/h6-12,14H,1-5H2,(H2,26,27,28,29). The molecule has 29 heavy (non-hydrogen) atoms. The molecule has 1 saturated carbocycles. The zero-order valence-electron chi connectivity index (χ0n) is 15.6. The normalized spacial score (nSPS) is 14.6. The van der Waals surface area contributed by atoms with E-state index in [1.165, 1.54) is 6.42 Å². The molecular weight excluding hydrogens is 379 g/mol. The predicted octanol–water partition coefficient (Wildman–Crippen LogP) is 5.44. The lowest BCUT2D eigenvalue weighted by molar-refractivity contribution is 0.449. The third-order valence-corrected chi connectivity index (χ3v) is 4.94. The van der Waals surface area contributed by atoms with Crippen LogP contribution < -0.4 is 10.6 Å². The third-order valence-electron chi connectivity index (χ3n) is 4.94. The van der Waals surface area contributed by atoms with Gasteiger partial charge in [-0.3, -0.25) is 4.98 Å². The highest BCUT2D eigenvalue weighted by Crippen LogP contribution is 2.27. The van der Waals surface area contributed by atoms with Crippen molar-refractivity contribution in [1.29, 1.82) is 0 Å². The van der Waals surface area contributed by atoms with Crippen molar-refractivity contribution in [2.24, 2.45) is 0 Å². The Kier molecular flexibility index (Phi) is 5.59. The zero-order valence-corrected chi connectivity index (χ0v) is 15.6. The Morgan fingerprint density at radius 3 is 2.38 bits per heavy atom. The first-order chi connectivity index (χ1) is 14.1. The fourth-order valence-electron chi connectivity index (χ4n) is 3.44. The van der Waals surface area contributed by atoms with Crippen molar-refractivity contribution >= 4 is 17.5 Å². The molecule has 0 saturated heterocycles. The van der Waals surface area contributed by atoms with Gasteiger partial charge in [0.2, 0.25) is 5.95 Å². The van der Waals surface area contributed by atoms with Crippen molar-refractivity contribution in [3.8, 4) is 11.3 Å². The monoisotopic (exact) mass is 399 g/mol. The van der Waals surface area contributed by atoms with Gasteiger partial charge in [-0.25, -0.2) is 18.2 Å². The zero-order chi connectivity index (χ0) is 20.2. The van der Waals surface area contributed by atoms with Crippen LogP contribution in [0, 0.1) is 17.5 Å². The molecule has 1 aliphatic carbocycles. The Balaban J connectivity index is 1.68. The number of pyridine rings is 1. The van der Waals surface area contributed by atoms with Gasteiger partial charge in [0.25, 0.3) is 0 Å². The van der Waals surface area contributed by atoms with Crippen molar-refractivity contribution in [2.45, 2.75) is 38.1 Å². The molecule has 1 aromatic carbocycles. The molecule has 5 nitrogen and oxygen atoms in total. The maximum atomic E-state index is 14.1. The van der Waals surface area contributed by atoms with Crippen LogP contribution in [-0.4, -0.2) is 21.0 Å². The molecule has 2 heterocycles. The van der Waals surface area contributed by atoms with E-state index in [1.807, 2.05) is 0 Å². The summed E-state index contributed by atoms with van der Waals surface area (Å²) in [7, 11) is 0. The number of anilines is 3. The van der Waals surface area contributed by atoms with E-state index in [9.17, 15) is 13.2 Å². The fraction of sp³-hybridized carbons (Fsp3) is 0.286. The van der Waals surface area contributed by atoms with Gasteiger partial charge in [0.05, 0.1) is 11.4 Å². The first-order valence-corrected chi connectivity index (χ1v) is 9.56. The molecule has 0 spiro atoms. The van der Waals surface area contributed by atoms with Crippen LogP contribution in [0.4, 0.5) is 30.6 Å². The second-order valence-electron chi connectivity index (χ2n) is 7.03. The summed E-state index contributed by atoms with van der Waals surface area (Å²) in [6, 6.07) is 7.50. The molecule has 0 unspecified atom stereocenters. The van der Waals surface area contributed by atoms with E-state index < -0.39 is 17.5 Å². The summed E-state index contributed by atoms with van der Waals surface area (Å²) in [5.74, 6) is -3.39. The van der Waals surface area contributed by atoms with Crippen molar-refractivity contribution in [1.82, 2.24) is 15.0 Å². The van der Waals surface area contributed by atoms with Crippen molar-refractivity contribution < 1.29 is 13.2 Å². The number of hydrogen-bond acceptors (Lipinski definition) is 5. The molecule has 0 atom stereocenters. The number of hydrogen-bond donors (Lipinski definition) is 2. The van der Waals surface area contributed by atoms with Gasteiger partial charge in [-0.1, -0.05) is 19.3 Å². The largest absolute Gasteiger partial charge is 0.351 e. The molecule has 4 rings (SSSR count). The summed E-state index contributed by atoms with van der Waals surface area (Å²) < 4.78 is 40.9. The molecule has 2 aromatic heterocycles. The van der Waals surface area contributed by atoms with Gasteiger partial charge in [-0.2, -0.15) is 4.98 Å². The maximum Gasteiger partial charge on any atom is 0.225 e. The van der Waals surface area contributed by atoms with Gasteiger partial charge in [-0.05, 0) is 37.1 Å². The number of rotatable bonds is 5. The van der Waals surface area contributed by atoms with Crippen LogP contribution in [-0.2, 0) is 0 Å². The van der Waals surface area contributed by atoms with E-state index in [2.05, 4.69) is 25.6 Å². The van der Waals surface area contributed by atoms with Crippen LogP contribution in [0.5, 0.6) is 0 Å². The highest BCUT2D eigenvalue weighted by atomic mass is 19.2. The molecule has 0 bridgehead atoms. The second-order valence-corrected chi connectivity index (χ2v) is 7.03. The van der Waals surface area contributed by atoms with E-state index in [0.717, 1.165) is 43.4 Å². The molecule has 8 heteroatoms. The van der Waals surface area contributed by atoms with Crippen LogP contribution in [0.15, 0.2) is 42.7 Å². The summed E-state index contributed by atoms with van der Waals surface area (Å²) in [6.07, 6.45) is 8.87. The summed E-state index contributed by atoms with van der Waals surface area (Å²) in [4.78, 5) is 13.0. The van der Waals surface area contributed by atoms with E-state index in [-0.39, 0.29) is 17.5 Å². The minimum Gasteiger partial charge on any atom is -0.351 e. The number of nitrogens with one attached hydrogen (secondary N) is 2.